The molecule has 24 heavy (non-hydrogen) atoms. The number of carbonyl (C=O) groups excluding carboxylic acids is 1. The molecule has 0 saturated carbocycles. The predicted molar refractivity (Wildman–Crippen MR) is 95.1 cm³/mol. The molecule has 0 aliphatic rings. The molecule has 1 unspecified atom stereocenters. The number of alkyl carbamates (subject to hydrolysis) is 1. The van der Waals surface area contributed by atoms with Crippen molar-refractivity contribution >= 4 is 39.3 Å². The summed E-state index contributed by atoms with van der Waals surface area (Å²) in [5.41, 5.74) is 0. The minimum absolute atomic E-state index is 0.000873. The molecule has 1 amide bonds. The second-order valence-electron chi connectivity index (χ2n) is 5.59. The van der Waals surface area contributed by atoms with Crippen LogP contribution in [0.4, 0.5) is 4.79 Å². The summed E-state index contributed by atoms with van der Waals surface area (Å²) in [6.07, 6.45) is -0.00413. The van der Waals surface area contributed by atoms with Crippen molar-refractivity contribution in [3.05, 3.63) is 28.2 Å². The Morgan fingerprint density at radius 1 is 1.25 bits per heavy atom. The van der Waals surface area contributed by atoms with Gasteiger partial charge in [-0.2, -0.15) is 0 Å². The highest BCUT2D eigenvalue weighted by Crippen LogP contribution is 2.28. The quantitative estimate of drug-likeness (QED) is 0.704. The summed E-state index contributed by atoms with van der Waals surface area (Å²) in [4.78, 5) is 11.4. The van der Waals surface area contributed by atoms with Crippen molar-refractivity contribution in [2.45, 2.75) is 38.1 Å². The molecule has 1 aromatic carbocycles. The Bertz CT molecular complexity index is 645. The van der Waals surface area contributed by atoms with E-state index in [9.17, 15) is 13.2 Å². The zero-order valence-electron chi connectivity index (χ0n) is 13.8. The molecule has 0 aliphatic carbocycles. The van der Waals surface area contributed by atoms with Crippen molar-refractivity contribution in [1.29, 1.82) is 0 Å². The number of rotatable bonds is 8. The van der Waals surface area contributed by atoms with Crippen LogP contribution in [0.1, 0.15) is 27.2 Å². The van der Waals surface area contributed by atoms with Gasteiger partial charge in [-0.3, -0.25) is 0 Å². The van der Waals surface area contributed by atoms with Crippen LogP contribution in [0.3, 0.4) is 0 Å². The normalized spacial score (nSPS) is 12.9. The molecule has 0 saturated heterocycles. The molecule has 6 nitrogen and oxygen atoms in total. The molecule has 0 heterocycles. The van der Waals surface area contributed by atoms with Crippen LogP contribution in [0.25, 0.3) is 0 Å². The maximum absolute atomic E-state index is 12.5. The minimum atomic E-state index is -3.91. The van der Waals surface area contributed by atoms with Gasteiger partial charge < -0.3 is 10.1 Å². The fourth-order valence-corrected chi connectivity index (χ4v) is 4.34. The zero-order valence-corrected chi connectivity index (χ0v) is 16.1. The molecule has 9 heteroatoms. The molecule has 0 aliphatic heterocycles. The van der Waals surface area contributed by atoms with E-state index in [4.69, 9.17) is 27.9 Å². The van der Waals surface area contributed by atoms with Crippen molar-refractivity contribution in [2.75, 3.05) is 13.2 Å². The number of nitrogens with one attached hydrogen (secondary N) is 2. The molecule has 136 valence electrons. The van der Waals surface area contributed by atoms with Gasteiger partial charge in [-0.15, -0.1) is 0 Å². The monoisotopic (exact) mass is 396 g/mol. The Hall–Kier alpha value is -1.02. The van der Waals surface area contributed by atoms with Crippen LogP contribution in [0.2, 0.25) is 10.0 Å². The lowest BCUT2D eigenvalue weighted by molar-refractivity contribution is 0.146. The minimum Gasteiger partial charge on any atom is -0.450 e. The maximum atomic E-state index is 12.5. The van der Waals surface area contributed by atoms with E-state index in [2.05, 4.69) is 10.0 Å². The van der Waals surface area contributed by atoms with Crippen molar-refractivity contribution in [1.82, 2.24) is 10.0 Å². The van der Waals surface area contributed by atoms with Gasteiger partial charge in [0, 0.05) is 12.6 Å². The fourth-order valence-electron chi connectivity index (χ4n) is 2.12. The van der Waals surface area contributed by atoms with E-state index in [0.29, 0.717) is 6.42 Å². The number of halogens is 2. The van der Waals surface area contributed by atoms with Gasteiger partial charge in [0.15, 0.2) is 0 Å². The van der Waals surface area contributed by atoms with E-state index >= 15 is 0 Å². The van der Waals surface area contributed by atoms with Gasteiger partial charge >= 0.3 is 6.09 Å². The van der Waals surface area contributed by atoms with E-state index in [1.54, 1.807) is 13.0 Å². The molecule has 1 aromatic rings. The number of sulfonamides is 1. The topological polar surface area (TPSA) is 84.5 Å². The Morgan fingerprint density at radius 2 is 1.83 bits per heavy atom. The first-order valence-electron chi connectivity index (χ1n) is 7.54. The van der Waals surface area contributed by atoms with Crippen molar-refractivity contribution in [3.63, 3.8) is 0 Å². The molecule has 0 bridgehead atoms. The van der Waals surface area contributed by atoms with Crippen LogP contribution in [0.15, 0.2) is 23.1 Å². The SMILES string of the molecule is CCOC(=O)NC(CNS(=O)(=O)c1c(Cl)cccc1Cl)CC(C)C. The lowest BCUT2D eigenvalue weighted by Crippen LogP contribution is -2.44. The third-order valence-electron chi connectivity index (χ3n) is 3.06. The molecular weight excluding hydrogens is 375 g/mol. The number of ether oxygens (including phenoxy) is 1. The number of carbonyl (C=O) groups is 1. The summed E-state index contributed by atoms with van der Waals surface area (Å²) in [6.45, 7) is 5.87. The summed E-state index contributed by atoms with van der Waals surface area (Å²) in [5, 5.41) is 2.72. The Kier molecular flexibility index (Phi) is 8.29. The van der Waals surface area contributed by atoms with Gasteiger partial charge in [0.2, 0.25) is 10.0 Å². The highest BCUT2D eigenvalue weighted by atomic mass is 35.5. The molecular formula is C15H22Cl2N2O4S. The molecule has 0 radical (unpaired) electrons. The van der Waals surface area contributed by atoms with Crippen LogP contribution in [0, 0.1) is 5.92 Å². The lowest BCUT2D eigenvalue weighted by Gasteiger charge is -2.21. The maximum Gasteiger partial charge on any atom is 0.407 e. The summed E-state index contributed by atoms with van der Waals surface area (Å²) in [5.74, 6) is 0.255. The van der Waals surface area contributed by atoms with Crippen LogP contribution < -0.4 is 10.0 Å². The molecule has 1 atom stereocenters. The van der Waals surface area contributed by atoms with Gasteiger partial charge in [-0.25, -0.2) is 17.9 Å². The van der Waals surface area contributed by atoms with Crippen LogP contribution in [-0.4, -0.2) is 33.7 Å². The van der Waals surface area contributed by atoms with Crippen molar-refractivity contribution in [2.24, 2.45) is 5.92 Å². The summed E-state index contributed by atoms with van der Waals surface area (Å²) in [6, 6.07) is 4.04. The van der Waals surface area contributed by atoms with E-state index in [1.807, 2.05) is 13.8 Å². The third kappa shape index (κ3) is 6.47. The average Bonchev–Trinajstić information content (AvgIpc) is 2.44. The number of hydrogen-bond donors (Lipinski definition) is 2. The largest absolute Gasteiger partial charge is 0.450 e. The highest BCUT2D eigenvalue weighted by Gasteiger charge is 2.24. The van der Waals surface area contributed by atoms with E-state index in [-0.39, 0.29) is 34.0 Å². The van der Waals surface area contributed by atoms with Crippen molar-refractivity contribution < 1.29 is 17.9 Å². The number of hydrogen-bond acceptors (Lipinski definition) is 4. The van der Waals surface area contributed by atoms with E-state index in [1.165, 1.54) is 12.1 Å². The Balaban J connectivity index is 2.86. The Morgan fingerprint density at radius 3 is 2.33 bits per heavy atom. The average molecular weight is 397 g/mol. The molecule has 2 N–H and O–H groups in total. The third-order valence-corrected chi connectivity index (χ3v) is 5.44. The molecule has 0 spiro atoms. The number of benzene rings is 1. The zero-order chi connectivity index (χ0) is 18.3. The van der Waals surface area contributed by atoms with Crippen LogP contribution in [-0.2, 0) is 14.8 Å². The molecule has 1 rings (SSSR count). The lowest BCUT2D eigenvalue weighted by atomic mass is 10.0. The summed E-state index contributed by atoms with van der Waals surface area (Å²) in [7, 11) is -3.91. The van der Waals surface area contributed by atoms with Crippen LogP contribution >= 0.6 is 23.2 Å². The second kappa shape index (κ2) is 9.46. The van der Waals surface area contributed by atoms with Gasteiger partial charge in [-0.05, 0) is 31.4 Å². The number of amides is 1. The van der Waals surface area contributed by atoms with E-state index < -0.39 is 22.2 Å². The van der Waals surface area contributed by atoms with Gasteiger partial charge in [0.25, 0.3) is 0 Å². The Labute approximate surface area is 152 Å². The van der Waals surface area contributed by atoms with Gasteiger partial charge in [0.05, 0.1) is 16.7 Å². The van der Waals surface area contributed by atoms with Crippen LogP contribution in [0.5, 0.6) is 0 Å². The summed E-state index contributed by atoms with van der Waals surface area (Å²) < 4.78 is 32.2. The van der Waals surface area contributed by atoms with Gasteiger partial charge in [-0.1, -0.05) is 43.1 Å². The predicted octanol–water partition coefficient (Wildman–Crippen LogP) is 3.43. The van der Waals surface area contributed by atoms with Gasteiger partial charge in [0.1, 0.15) is 4.90 Å². The smallest absolute Gasteiger partial charge is 0.407 e. The second-order valence-corrected chi connectivity index (χ2v) is 8.11. The van der Waals surface area contributed by atoms with E-state index in [0.717, 1.165) is 0 Å². The standard InChI is InChI=1S/C15H22Cl2N2O4S/c1-4-23-15(20)19-11(8-10(2)3)9-18-24(21,22)14-12(16)6-5-7-13(14)17/h5-7,10-11,18H,4,8-9H2,1-3H3,(H,19,20). The first kappa shape index (κ1) is 21.0. The van der Waals surface area contributed by atoms with Crippen molar-refractivity contribution in [3.8, 4) is 0 Å². The summed E-state index contributed by atoms with van der Waals surface area (Å²) >= 11 is 11.9. The fraction of sp³-hybridized carbons (Fsp3) is 0.533. The highest BCUT2D eigenvalue weighted by molar-refractivity contribution is 7.89. The molecule has 0 aromatic heterocycles. The first-order valence-corrected chi connectivity index (χ1v) is 9.78. The first-order chi connectivity index (χ1) is 11.2. The molecule has 0 fully saturated rings.